The van der Waals surface area contributed by atoms with Gasteiger partial charge in [0.15, 0.2) is 11.5 Å². The molecule has 0 unspecified atom stereocenters. The van der Waals surface area contributed by atoms with Crippen molar-refractivity contribution in [3.63, 3.8) is 0 Å². The van der Waals surface area contributed by atoms with Gasteiger partial charge in [-0.05, 0) is 48.4 Å². The third kappa shape index (κ3) is 4.36. The van der Waals surface area contributed by atoms with Crippen molar-refractivity contribution in [2.24, 2.45) is 4.40 Å². The third-order valence-electron chi connectivity index (χ3n) is 5.55. The highest BCUT2D eigenvalue weighted by atomic mass is 32.2. The van der Waals surface area contributed by atoms with E-state index in [1.54, 1.807) is 51.7 Å². The highest BCUT2D eigenvalue weighted by Gasteiger charge is 2.26. The Balaban J connectivity index is 1.88. The number of ether oxygens (including phenoxy) is 3. The summed E-state index contributed by atoms with van der Waals surface area (Å²) >= 11 is 0. The van der Waals surface area contributed by atoms with Crippen molar-refractivity contribution in [1.29, 1.82) is 0 Å². The molecule has 0 saturated carbocycles. The van der Waals surface area contributed by atoms with Crippen LogP contribution in [0.1, 0.15) is 22.3 Å². The van der Waals surface area contributed by atoms with Gasteiger partial charge in [0, 0.05) is 17.5 Å². The largest absolute Gasteiger partial charge is 0.493 e. The highest BCUT2D eigenvalue weighted by Crippen LogP contribution is 2.41. The smallest absolute Gasteiger partial charge is 0.282 e. The first-order valence-electron chi connectivity index (χ1n) is 10.4. The van der Waals surface area contributed by atoms with Crippen molar-refractivity contribution < 1.29 is 22.6 Å². The summed E-state index contributed by atoms with van der Waals surface area (Å²) in [6.45, 7) is 1.91. The van der Waals surface area contributed by atoms with E-state index in [0.717, 1.165) is 27.8 Å². The number of fused-ring (bicyclic) bond motifs is 1. The van der Waals surface area contributed by atoms with Crippen molar-refractivity contribution in [3.8, 4) is 17.2 Å². The molecule has 6 nitrogen and oxygen atoms in total. The topological polar surface area (TPSA) is 74.2 Å². The van der Waals surface area contributed by atoms with Crippen molar-refractivity contribution in [2.75, 3.05) is 21.3 Å². The lowest BCUT2D eigenvalue weighted by molar-refractivity contribution is 0.324. The van der Waals surface area contributed by atoms with Gasteiger partial charge in [-0.15, -0.1) is 0 Å². The summed E-state index contributed by atoms with van der Waals surface area (Å²) in [5.41, 5.74) is 4.74. The number of nitrogens with zero attached hydrogens (tertiary/aromatic N) is 1. The summed E-state index contributed by atoms with van der Waals surface area (Å²) in [6, 6.07) is 18.0. The van der Waals surface area contributed by atoms with E-state index < -0.39 is 10.0 Å². The molecule has 3 aromatic rings. The van der Waals surface area contributed by atoms with E-state index in [9.17, 15) is 8.42 Å². The number of sulfonamides is 1. The quantitative estimate of drug-likeness (QED) is 0.523. The molecular weight excluding hydrogens is 438 g/mol. The van der Waals surface area contributed by atoms with Crippen molar-refractivity contribution in [3.05, 3.63) is 88.5 Å². The second kappa shape index (κ2) is 9.11. The fourth-order valence-electron chi connectivity index (χ4n) is 3.90. The first kappa shape index (κ1) is 22.6. The van der Waals surface area contributed by atoms with Gasteiger partial charge in [-0.2, -0.15) is 12.8 Å². The fraction of sp³-hybridized carbons (Fsp3) is 0.192. The molecule has 0 saturated heterocycles. The maximum atomic E-state index is 13.1. The van der Waals surface area contributed by atoms with Crippen LogP contribution in [0.15, 0.2) is 75.5 Å². The van der Waals surface area contributed by atoms with Gasteiger partial charge in [0.05, 0.1) is 31.9 Å². The Kier molecular flexibility index (Phi) is 6.24. The van der Waals surface area contributed by atoms with Crippen molar-refractivity contribution in [1.82, 2.24) is 0 Å². The molecule has 170 valence electrons. The van der Waals surface area contributed by atoms with Crippen LogP contribution in [0.4, 0.5) is 0 Å². The minimum Gasteiger partial charge on any atom is -0.493 e. The zero-order chi connectivity index (χ0) is 23.6. The van der Waals surface area contributed by atoms with E-state index in [1.807, 2.05) is 43.3 Å². The summed E-state index contributed by atoms with van der Waals surface area (Å²) in [5, 5.41) is 0. The van der Waals surface area contributed by atoms with Crippen LogP contribution in [0.3, 0.4) is 0 Å². The van der Waals surface area contributed by atoms with Gasteiger partial charge in [0.2, 0.25) is 5.75 Å². The minimum atomic E-state index is -3.90. The van der Waals surface area contributed by atoms with Crippen LogP contribution in [0.25, 0.3) is 6.08 Å². The molecule has 1 aliphatic rings. The lowest BCUT2D eigenvalue weighted by Gasteiger charge is -2.14. The average Bonchev–Trinajstić information content (AvgIpc) is 3.15. The average molecular weight is 464 g/mol. The first-order chi connectivity index (χ1) is 15.9. The summed E-state index contributed by atoms with van der Waals surface area (Å²) < 4.78 is 47.0. The Morgan fingerprint density at radius 3 is 2.21 bits per heavy atom. The maximum absolute atomic E-state index is 13.1. The Bertz CT molecular complexity index is 1360. The molecule has 0 amide bonds. The van der Waals surface area contributed by atoms with Crippen LogP contribution < -0.4 is 14.2 Å². The van der Waals surface area contributed by atoms with Crippen molar-refractivity contribution in [2.45, 2.75) is 18.2 Å². The van der Waals surface area contributed by atoms with Crippen LogP contribution in [-0.4, -0.2) is 35.5 Å². The Labute approximate surface area is 194 Å². The molecule has 3 aromatic carbocycles. The van der Waals surface area contributed by atoms with Crippen molar-refractivity contribution >= 4 is 21.8 Å². The molecule has 7 heteroatoms. The van der Waals surface area contributed by atoms with Crippen LogP contribution in [0.2, 0.25) is 0 Å². The molecule has 0 aliphatic heterocycles. The minimum absolute atomic E-state index is 0.160. The van der Waals surface area contributed by atoms with Crippen LogP contribution in [-0.2, 0) is 16.4 Å². The number of aryl methyl sites for hydroxylation is 1. The van der Waals surface area contributed by atoms with Gasteiger partial charge in [0.25, 0.3) is 10.0 Å². The normalized spacial score (nSPS) is 15.5. The molecule has 0 radical (unpaired) electrons. The van der Waals surface area contributed by atoms with E-state index in [1.165, 1.54) is 0 Å². The van der Waals surface area contributed by atoms with Crippen LogP contribution in [0.5, 0.6) is 17.2 Å². The Morgan fingerprint density at radius 1 is 0.848 bits per heavy atom. The van der Waals surface area contributed by atoms with E-state index in [2.05, 4.69) is 4.40 Å². The lowest BCUT2D eigenvalue weighted by atomic mass is 10.1. The monoisotopic (exact) mass is 463 g/mol. The van der Waals surface area contributed by atoms with E-state index in [0.29, 0.717) is 29.4 Å². The van der Waals surface area contributed by atoms with Gasteiger partial charge < -0.3 is 14.2 Å². The second-order valence-electron chi connectivity index (χ2n) is 7.66. The summed E-state index contributed by atoms with van der Waals surface area (Å²) in [6.07, 6.45) is 2.44. The zero-order valence-electron chi connectivity index (χ0n) is 19.0. The van der Waals surface area contributed by atoms with Gasteiger partial charge in [-0.1, -0.05) is 42.0 Å². The summed E-state index contributed by atoms with van der Waals surface area (Å²) in [5.74, 6) is 1.51. The molecule has 0 atom stereocenters. The van der Waals surface area contributed by atoms with Crippen LogP contribution in [0, 0.1) is 6.92 Å². The van der Waals surface area contributed by atoms with Gasteiger partial charge >= 0.3 is 0 Å². The molecule has 0 heterocycles. The number of allylic oxidation sites excluding steroid dienone is 1. The number of methoxy groups -OCH3 is 3. The summed E-state index contributed by atoms with van der Waals surface area (Å²) in [4.78, 5) is 0.160. The standard InChI is InChI=1S/C26H25NO5S/c1-17-9-12-21(13-10-17)33(28,29)27-24-20(15-18-7-5-6-8-22(18)24)16-19-11-14-23(30-2)26(32-4)25(19)31-3/h5-14,16H,15H2,1-4H3/b20-16+,27-24+. The molecule has 4 rings (SSSR count). The number of benzene rings is 3. The SMILES string of the molecule is COc1ccc(/C=C2\Cc3ccccc3\C2=N\S(=O)(=O)c2ccc(C)cc2)c(OC)c1OC. The predicted molar refractivity (Wildman–Crippen MR) is 129 cm³/mol. The molecule has 0 bridgehead atoms. The molecule has 1 aliphatic carbocycles. The van der Waals surface area contributed by atoms with Crippen LogP contribution >= 0.6 is 0 Å². The third-order valence-corrected chi connectivity index (χ3v) is 6.84. The van der Waals surface area contributed by atoms with E-state index in [4.69, 9.17) is 14.2 Å². The fourth-order valence-corrected chi connectivity index (χ4v) is 4.94. The Morgan fingerprint density at radius 2 is 1.55 bits per heavy atom. The first-order valence-corrected chi connectivity index (χ1v) is 11.8. The molecular formula is C26H25NO5S. The molecule has 33 heavy (non-hydrogen) atoms. The molecule has 0 N–H and O–H groups in total. The van der Waals surface area contributed by atoms with E-state index >= 15 is 0 Å². The van der Waals surface area contributed by atoms with Gasteiger partial charge in [-0.3, -0.25) is 0 Å². The van der Waals surface area contributed by atoms with Gasteiger partial charge in [-0.25, -0.2) is 0 Å². The number of rotatable bonds is 6. The number of hydrogen-bond acceptors (Lipinski definition) is 5. The number of hydrogen-bond donors (Lipinski definition) is 0. The Hall–Kier alpha value is -3.58. The second-order valence-corrected chi connectivity index (χ2v) is 9.26. The lowest BCUT2D eigenvalue weighted by Crippen LogP contribution is -2.06. The molecule has 0 aromatic heterocycles. The van der Waals surface area contributed by atoms with Gasteiger partial charge in [0.1, 0.15) is 0 Å². The maximum Gasteiger partial charge on any atom is 0.282 e. The zero-order valence-corrected chi connectivity index (χ0v) is 19.8. The highest BCUT2D eigenvalue weighted by molar-refractivity contribution is 7.90. The summed E-state index contributed by atoms with van der Waals surface area (Å²) in [7, 11) is 0.763. The molecule has 0 spiro atoms. The van der Waals surface area contributed by atoms with E-state index in [-0.39, 0.29) is 4.90 Å². The molecule has 0 fully saturated rings. The predicted octanol–water partition coefficient (Wildman–Crippen LogP) is 4.84.